The zero-order valence-electron chi connectivity index (χ0n) is 22.9. The van der Waals surface area contributed by atoms with E-state index in [2.05, 4.69) is 15.4 Å². The first-order valence-electron chi connectivity index (χ1n) is 13.6. The molecule has 2 heterocycles. The van der Waals surface area contributed by atoms with Crippen molar-refractivity contribution in [1.29, 1.82) is 0 Å². The number of aromatic nitrogens is 3. The monoisotopic (exact) mass is 609 g/mol. The van der Waals surface area contributed by atoms with Gasteiger partial charge in [0.15, 0.2) is 0 Å². The zero-order valence-corrected chi connectivity index (χ0v) is 22.9. The second-order valence-corrected chi connectivity index (χ2v) is 11.1. The normalized spacial score (nSPS) is 18.9. The maximum Gasteiger partial charge on any atom is 0.280 e. The Morgan fingerprint density at radius 2 is 1.86 bits per heavy atom. The van der Waals surface area contributed by atoms with Crippen LogP contribution in [-0.4, -0.2) is 32.9 Å². The van der Waals surface area contributed by atoms with Gasteiger partial charge < -0.3 is 15.8 Å². The minimum atomic E-state index is -2.95. The molecular formula is C31H24F5N5O3. The third kappa shape index (κ3) is 5.22. The van der Waals surface area contributed by atoms with Crippen LogP contribution in [0.4, 0.5) is 22.0 Å². The van der Waals surface area contributed by atoms with E-state index in [-0.39, 0.29) is 35.6 Å². The van der Waals surface area contributed by atoms with Gasteiger partial charge in [0.05, 0.1) is 23.0 Å². The molecule has 4 aromatic rings. The second-order valence-electron chi connectivity index (χ2n) is 11.1. The first-order chi connectivity index (χ1) is 21.0. The molecule has 2 aliphatic carbocycles. The highest BCUT2D eigenvalue weighted by atomic mass is 19.3. The van der Waals surface area contributed by atoms with Gasteiger partial charge in [-0.05, 0) is 54.3 Å². The Morgan fingerprint density at radius 3 is 2.55 bits per heavy atom. The summed E-state index contributed by atoms with van der Waals surface area (Å²) in [5.41, 5.74) is 5.50. The number of nitrogens with zero attached hydrogens (tertiary/aromatic N) is 3. The Kier molecular flexibility index (Phi) is 7.26. The van der Waals surface area contributed by atoms with Gasteiger partial charge in [0.2, 0.25) is 5.91 Å². The number of carbonyl (C=O) groups is 3. The van der Waals surface area contributed by atoms with Crippen molar-refractivity contribution in [3.8, 4) is 11.1 Å². The highest BCUT2D eigenvalue weighted by Crippen LogP contribution is 2.66. The summed E-state index contributed by atoms with van der Waals surface area (Å²) < 4.78 is 71.8. The van der Waals surface area contributed by atoms with Crippen molar-refractivity contribution >= 4 is 18.1 Å². The summed E-state index contributed by atoms with van der Waals surface area (Å²) in [6.45, 7) is -0.605. The Labute approximate surface area is 247 Å². The minimum absolute atomic E-state index is 0.159. The quantitative estimate of drug-likeness (QED) is 0.199. The number of rotatable bonds is 10. The second kappa shape index (κ2) is 11.0. The molecule has 0 radical (unpaired) electrons. The number of fused-ring (bicyclic) bond motifs is 3. The fraction of sp³-hybridized carbons (Fsp3) is 0.258. The van der Waals surface area contributed by atoms with Gasteiger partial charge in [-0.15, -0.1) is 0 Å². The predicted molar refractivity (Wildman–Crippen MR) is 146 cm³/mol. The summed E-state index contributed by atoms with van der Waals surface area (Å²) in [4.78, 5) is 41.1. The number of carbonyl (C=O) groups excluding carboxylic acids is 3. The molecular weight excluding hydrogens is 585 g/mol. The maximum atomic E-state index is 14.2. The van der Waals surface area contributed by atoms with Crippen molar-refractivity contribution in [3.63, 3.8) is 0 Å². The summed E-state index contributed by atoms with van der Waals surface area (Å²) >= 11 is 0. The van der Waals surface area contributed by atoms with E-state index >= 15 is 0 Å². The van der Waals surface area contributed by atoms with E-state index in [0.717, 1.165) is 29.2 Å². The van der Waals surface area contributed by atoms with E-state index in [1.165, 1.54) is 18.3 Å². The molecule has 0 saturated heterocycles. The molecule has 2 aromatic carbocycles. The number of hydrogen-bond donors (Lipinski definition) is 2. The highest BCUT2D eigenvalue weighted by molar-refractivity contribution is 5.94. The fourth-order valence-electron chi connectivity index (χ4n) is 6.17. The molecule has 2 amide bonds. The molecule has 3 atom stereocenters. The lowest BCUT2D eigenvalue weighted by molar-refractivity contribution is -0.122. The van der Waals surface area contributed by atoms with Gasteiger partial charge in [0.1, 0.15) is 36.0 Å². The van der Waals surface area contributed by atoms with Crippen LogP contribution < -0.4 is 11.1 Å². The van der Waals surface area contributed by atoms with Gasteiger partial charge in [-0.2, -0.15) is 5.10 Å². The largest absolute Gasteiger partial charge is 0.366 e. The Morgan fingerprint density at radius 1 is 1.11 bits per heavy atom. The van der Waals surface area contributed by atoms with E-state index in [9.17, 15) is 36.3 Å². The molecule has 3 N–H and O–H groups in total. The number of benzene rings is 2. The fourth-order valence-corrected chi connectivity index (χ4v) is 6.17. The molecule has 0 spiro atoms. The molecule has 44 heavy (non-hydrogen) atoms. The number of halogens is 5. The Bertz CT molecular complexity index is 1810. The topological polar surface area (TPSA) is 120 Å². The number of pyridine rings is 1. The molecule has 1 fully saturated rings. The lowest BCUT2D eigenvalue weighted by Crippen LogP contribution is -2.34. The van der Waals surface area contributed by atoms with Gasteiger partial charge in [0.25, 0.3) is 12.3 Å². The van der Waals surface area contributed by atoms with E-state index in [0.29, 0.717) is 34.9 Å². The zero-order chi connectivity index (χ0) is 31.3. The lowest BCUT2D eigenvalue weighted by Gasteiger charge is -2.22. The van der Waals surface area contributed by atoms with E-state index in [1.807, 2.05) is 0 Å². The van der Waals surface area contributed by atoms with Crippen molar-refractivity contribution < 1.29 is 36.3 Å². The van der Waals surface area contributed by atoms with Crippen molar-refractivity contribution in [1.82, 2.24) is 20.1 Å². The average molecular weight is 610 g/mol. The van der Waals surface area contributed by atoms with Crippen LogP contribution in [0.25, 0.3) is 11.1 Å². The Balaban J connectivity index is 1.35. The van der Waals surface area contributed by atoms with Gasteiger partial charge >= 0.3 is 0 Å². The van der Waals surface area contributed by atoms with Crippen molar-refractivity contribution in [2.75, 3.05) is 0 Å². The molecule has 2 aliphatic rings. The summed E-state index contributed by atoms with van der Waals surface area (Å²) in [7, 11) is 0. The smallest absolute Gasteiger partial charge is 0.280 e. The van der Waals surface area contributed by atoms with E-state index < -0.39 is 59.4 Å². The van der Waals surface area contributed by atoms with Crippen LogP contribution >= 0.6 is 0 Å². The maximum absolute atomic E-state index is 14.2. The number of nitrogens with one attached hydrogen (secondary N) is 1. The average Bonchev–Trinajstić information content (AvgIpc) is 3.43. The summed E-state index contributed by atoms with van der Waals surface area (Å²) in [6.07, 6.45) is -0.255. The standard InChI is InChI=1S/C31H24F5N5O3/c32-17-6-15(7-18(33)10-17)8-23(27-19(2-1-5-38-27)16-3-4-22(34)20(9-16)30(37)44)39-25(43)13-41-28(29(35)36)26-21-11-31(21,14-42)12-24(26)40-41/h1-7,9-10,14,21,23,29H,8,11-13H2,(H2,37,44)(H,39,43)/t21?,23-,31?/m0/s1. The van der Waals surface area contributed by atoms with Crippen LogP contribution in [-0.2, 0) is 29.0 Å². The first kappa shape index (κ1) is 29.1. The number of hydrogen-bond acceptors (Lipinski definition) is 5. The third-order valence-electron chi connectivity index (χ3n) is 8.21. The number of primary amides is 1. The molecule has 2 aromatic heterocycles. The number of amides is 2. The van der Waals surface area contributed by atoms with Gasteiger partial charge in [0, 0.05) is 41.1 Å². The van der Waals surface area contributed by atoms with E-state index in [4.69, 9.17) is 5.73 Å². The van der Waals surface area contributed by atoms with Crippen LogP contribution in [0.2, 0.25) is 0 Å². The number of aldehydes is 1. The summed E-state index contributed by atoms with van der Waals surface area (Å²) in [5, 5.41) is 6.96. The summed E-state index contributed by atoms with van der Waals surface area (Å²) in [5.74, 6) is -4.66. The molecule has 6 rings (SSSR count). The molecule has 2 unspecified atom stereocenters. The highest BCUT2D eigenvalue weighted by Gasteiger charge is 2.62. The lowest BCUT2D eigenvalue weighted by atomic mass is 9.94. The molecule has 1 saturated carbocycles. The summed E-state index contributed by atoms with van der Waals surface area (Å²) in [6, 6.07) is 8.57. The molecule has 13 heteroatoms. The van der Waals surface area contributed by atoms with Crippen LogP contribution in [0.3, 0.4) is 0 Å². The Hall–Kier alpha value is -4.94. The van der Waals surface area contributed by atoms with Crippen LogP contribution in [0, 0.1) is 22.9 Å². The number of nitrogens with two attached hydrogens (primary N) is 1. The molecule has 8 nitrogen and oxygen atoms in total. The van der Waals surface area contributed by atoms with E-state index in [1.54, 1.807) is 12.1 Å². The first-order valence-corrected chi connectivity index (χ1v) is 13.6. The predicted octanol–water partition coefficient (Wildman–Crippen LogP) is 4.73. The van der Waals surface area contributed by atoms with Gasteiger partial charge in [-0.1, -0.05) is 12.1 Å². The van der Waals surface area contributed by atoms with Crippen LogP contribution in [0.1, 0.15) is 63.4 Å². The van der Waals surface area contributed by atoms with Crippen molar-refractivity contribution in [2.24, 2.45) is 11.1 Å². The minimum Gasteiger partial charge on any atom is -0.366 e. The van der Waals surface area contributed by atoms with Gasteiger partial charge in [-0.25, -0.2) is 22.0 Å². The van der Waals surface area contributed by atoms with Crippen molar-refractivity contribution in [2.45, 2.75) is 44.2 Å². The van der Waals surface area contributed by atoms with Gasteiger partial charge in [-0.3, -0.25) is 19.3 Å². The van der Waals surface area contributed by atoms with Crippen LogP contribution in [0.15, 0.2) is 54.7 Å². The van der Waals surface area contributed by atoms with Crippen molar-refractivity contribution in [3.05, 3.63) is 106 Å². The third-order valence-corrected chi connectivity index (χ3v) is 8.21. The molecule has 0 aliphatic heterocycles. The molecule has 0 bridgehead atoms. The molecule has 226 valence electrons. The van der Waals surface area contributed by atoms with Crippen LogP contribution in [0.5, 0.6) is 0 Å². The number of alkyl halides is 2. The SMILES string of the molecule is NC(=O)c1cc(-c2cccnc2[C@H](Cc2cc(F)cc(F)c2)NC(=O)Cn2nc3c(c2C(F)F)C2CC2(C=O)C3)ccc1F.